The topological polar surface area (TPSA) is 58.2 Å². The van der Waals surface area contributed by atoms with Crippen molar-refractivity contribution < 1.29 is 14.0 Å². The Morgan fingerprint density at radius 3 is 2.15 bits per heavy atom. The van der Waals surface area contributed by atoms with Crippen molar-refractivity contribution in [2.75, 3.05) is 13.1 Å². The summed E-state index contributed by atoms with van der Waals surface area (Å²) < 4.78 is 13.5. The first kappa shape index (κ1) is 19.4. The number of carbonyl (C=O) groups excluding carboxylic acids is 2. The maximum Gasteiger partial charge on any atom is 0.223 e. The number of nitrogens with one attached hydrogen (secondary N) is 2. The Morgan fingerprint density at radius 1 is 0.926 bits per heavy atom. The molecule has 2 aromatic carbocycles. The molecule has 27 heavy (non-hydrogen) atoms. The van der Waals surface area contributed by atoms with Gasteiger partial charge in [0.15, 0.2) is 0 Å². The second kappa shape index (κ2) is 9.00. The number of carbonyl (C=O) groups is 2. The molecule has 2 amide bonds. The van der Waals surface area contributed by atoms with E-state index in [0.29, 0.717) is 36.5 Å². The summed E-state index contributed by atoms with van der Waals surface area (Å²) in [5.74, 6) is -1.02. The Morgan fingerprint density at radius 2 is 1.52 bits per heavy atom. The first-order valence-electron chi connectivity index (χ1n) is 9.08. The molecule has 0 aromatic heterocycles. The monoisotopic (exact) mass is 388 g/mol. The van der Waals surface area contributed by atoms with Gasteiger partial charge < -0.3 is 10.6 Å². The van der Waals surface area contributed by atoms with Crippen LogP contribution >= 0.6 is 11.6 Å². The number of hydrogen-bond donors (Lipinski definition) is 2. The van der Waals surface area contributed by atoms with Gasteiger partial charge in [-0.3, -0.25) is 9.59 Å². The average Bonchev–Trinajstić information content (AvgIpc) is 3.46. The summed E-state index contributed by atoms with van der Waals surface area (Å²) in [5.41, 5.74) is 1.67. The fourth-order valence-electron chi connectivity index (χ4n) is 3.04. The van der Waals surface area contributed by atoms with Gasteiger partial charge in [-0.1, -0.05) is 41.9 Å². The molecule has 1 aliphatic rings. The van der Waals surface area contributed by atoms with E-state index in [1.807, 2.05) is 24.3 Å². The lowest BCUT2D eigenvalue weighted by Gasteiger charge is -2.07. The van der Waals surface area contributed by atoms with Crippen LogP contribution < -0.4 is 10.6 Å². The Kier molecular flexibility index (Phi) is 6.45. The van der Waals surface area contributed by atoms with Crippen molar-refractivity contribution in [2.24, 2.45) is 11.8 Å². The van der Waals surface area contributed by atoms with Crippen LogP contribution in [0.2, 0.25) is 5.02 Å². The molecular weight excluding hydrogens is 367 g/mol. The van der Waals surface area contributed by atoms with Gasteiger partial charge in [0.25, 0.3) is 0 Å². The van der Waals surface area contributed by atoms with E-state index in [2.05, 4.69) is 10.6 Å². The second-order valence-corrected chi connectivity index (χ2v) is 7.19. The van der Waals surface area contributed by atoms with E-state index < -0.39 is 0 Å². The zero-order chi connectivity index (χ0) is 19.2. The van der Waals surface area contributed by atoms with Crippen LogP contribution in [0.25, 0.3) is 0 Å². The number of benzene rings is 2. The lowest BCUT2D eigenvalue weighted by atomic mass is 10.1. The van der Waals surface area contributed by atoms with Crippen LogP contribution in [0.4, 0.5) is 4.39 Å². The minimum absolute atomic E-state index is 0.0850. The lowest BCUT2D eigenvalue weighted by molar-refractivity contribution is -0.127. The maximum atomic E-state index is 13.5. The van der Waals surface area contributed by atoms with E-state index in [1.165, 1.54) is 6.07 Å². The van der Waals surface area contributed by atoms with E-state index in [0.717, 1.165) is 12.0 Å². The molecule has 142 valence electrons. The molecule has 0 bridgehead atoms. The zero-order valence-corrected chi connectivity index (χ0v) is 15.6. The molecule has 3 rings (SSSR count). The summed E-state index contributed by atoms with van der Waals surface area (Å²) in [4.78, 5) is 24.3. The smallest absolute Gasteiger partial charge is 0.223 e. The summed E-state index contributed by atoms with van der Waals surface area (Å²) >= 11 is 5.84. The van der Waals surface area contributed by atoms with Crippen LogP contribution in [-0.2, 0) is 22.4 Å². The number of hydrogen-bond acceptors (Lipinski definition) is 2. The molecule has 4 nitrogen and oxygen atoms in total. The summed E-state index contributed by atoms with van der Waals surface area (Å²) in [6.07, 6.45) is 1.72. The molecule has 6 heteroatoms. The largest absolute Gasteiger partial charge is 0.356 e. The first-order chi connectivity index (χ1) is 13.0. The summed E-state index contributed by atoms with van der Waals surface area (Å²) in [6, 6.07) is 14.0. The van der Waals surface area contributed by atoms with Crippen molar-refractivity contribution in [3.63, 3.8) is 0 Å². The van der Waals surface area contributed by atoms with Crippen LogP contribution in [0.5, 0.6) is 0 Å². The van der Waals surface area contributed by atoms with Gasteiger partial charge in [0.05, 0.1) is 11.8 Å². The molecule has 0 radical (unpaired) electrons. The van der Waals surface area contributed by atoms with Gasteiger partial charge in [-0.25, -0.2) is 4.39 Å². The molecule has 1 aliphatic carbocycles. The molecule has 1 saturated carbocycles. The molecular formula is C21H22ClFN2O2. The molecule has 0 heterocycles. The maximum absolute atomic E-state index is 13.5. The van der Waals surface area contributed by atoms with Gasteiger partial charge in [-0.2, -0.15) is 0 Å². The van der Waals surface area contributed by atoms with Crippen molar-refractivity contribution in [3.05, 3.63) is 70.5 Å². The van der Waals surface area contributed by atoms with Crippen LogP contribution in [-0.4, -0.2) is 24.9 Å². The van der Waals surface area contributed by atoms with E-state index >= 15 is 0 Å². The van der Waals surface area contributed by atoms with Crippen molar-refractivity contribution >= 4 is 23.4 Å². The van der Waals surface area contributed by atoms with Gasteiger partial charge in [0, 0.05) is 18.1 Å². The molecule has 2 aromatic rings. The molecule has 0 aliphatic heterocycles. The quantitative estimate of drug-likeness (QED) is 0.730. The summed E-state index contributed by atoms with van der Waals surface area (Å²) in [7, 11) is 0. The van der Waals surface area contributed by atoms with Crippen LogP contribution in [0.3, 0.4) is 0 Å². The van der Waals surface area contributed by atoms with Gasteiger partial charge >= 0.3 is 0 Å². The fourth-order valence-corrected chi connectivity index (χ4v) is 3.17. The van der Waals surface area contributed by atoms with Crippen molar-refractivity contribution in [1.82, 2.24) is 10.6 Å². The van der Waals surface area contributed by atoms with Crippen molar-refractivity contribution in [2.45, 2.75) is 19.3 Å². The Bertz CT molecular complexity index is 810. The molecule has 0 spiro atoms. The minimum atomic E-state index is -0.277. The molecule has 1 fully saturated rings. The predicted octanol–water partition coefficient (Wildman–Crippen LogP) is 3.13. The third-order valence-electron chi connectivity index (χ3n) is 4.74. The fraction of sp³-hybridized carbons (Fsp3) is 0.333. The minimum Gasteiger partial charge on any atom is -0.356 e. The van der Waals surface area contributed by atoms with Gasteiger partial charge in [0.2, 0.25) is 11.8 Å². The molecule has 2 atom stereocenters. The zero-order valence-electron chi connectivity index (χ0n) is 14.9. The number of halogens is 2. The lowest BCUT2D eigenvalue weighted by Crippen LogP contribution is -2.32. The van der Waals surface area contributed by atoms with Crippen molar-refractivity contribution in [3.8, 4) is 0 Å². The van der Waals surface area contributed by atoms with Crippen molar-refractivity contribution in [1.29, 1.82) is 0 Å². The summed E-state index contributed by atoms with van der Waals surface area (Å²) in [6.45, 7) is 0.889. The highest BCUT2D eigenvalue weighted by molar-refractivity contribution is 6.30. The van der Waals surface area contributed by atoms with Crippen LogP contribution in [0, 0.1) is 17.7 Å². The van der Waals surface area contributed by atoms with E-state index in [-0.39, 0.29) is 29.5 Å². The normalized spacial score (nSPS) is 18.0. The van der Waals surface area contributed by atoms with Crippen LogP contribution in [0.15, 0.2) is 48.5 Å². The average molecular weight is 389 g/mol. The molecule has 2 N–H and O–H groups in total. The highest BCUT2D eigenvalue weighted by Crippen LogP contribution is 2.38. The Balaban J connectivity index is 1.34. The van der Waals surface area contributed by atoms with Gasteiger partial charge in [0.1, 0.15) is 5.82 Å². The third kappa shape index (κ3) is 5.54. The predicted molar refractivity (Wildman–Crippen MR) is 103 cm³/mol. The van der Waals surface area contributed by atoms with Gasteiger partial charge in [-0.05, 0) is 48.6 Å². The summed E-state index contributed by atoms with van der Waals surface area (Å²) in [5, 5.41) is 6.36. The molecule has 2 unspecified atom stereocenters. The number of amides is 2. The van der Waals surface area contributed by atoms with Gasteiger partial charge in [-0.15, -0.1) is 0 Å². The standard InChI is InChI=1S/C21H22ClFN2O2/c22-16-7-5-14(6-8-16)9-11-24-20(26)17-13-18(17)21(27)25-12-10-15-3-1-2-4-19(15)23/h1-8,17-18H,9-13H2,(H,24,26)(H,25,27). The van der Waals surface area contributed by atoms with E-state index in [4.69, 9.17) is 11.6 Å². The second-order valence-electron chi connectivity index (χ2n) is 6.75. The van der Waals surface area contributed by atoms with E-state index in [1.54, 1.807) is 18.2 Å². The highest BCUT2D eigenvalue weighted by atomic mass is 35.5. The first-order valence-corrected chi connectivity index (χ1v) is 9.45. The Hall–Kier alpha value is -2.40. The number of rotatable bonds is 8. The molecule has 0 saturated heterocycles. The SMILES string of the molecule is O=C(NCCc1ccc(Cl)cc1)C1CC1C(=O)NCCc1ccccc1F. The third-order valence-corrected chi connectivity index (χ3v) is 4.99. The Labute approximate surface area is 163 Å². The van der Waals surface area contributed by atoms with Crippen LogP contribution in [0.1, 0.15) is 17.5 Å². The highest BCUT2D eigenvalue weighted by Gasteiger charge is 2.47. The van der Waals surface area contributed by atoms with E-state index in [9.17, 15) is 14.0 Å².